The number of amides is 3. The Balaban J connectivity index is 2.45. The van der Waals surface area contributed by atoms with E-state index < -0.39 is 0 Å². The third-order valence-corrected chi connectivity index (χ3v) is 2.38. The summed E-state index contributed by atoms with van der Waals surface area (Å²) in [6.45, 7) is 3.93. The number of carbonyl (C=O) groups is 3. The normalized spacial score (nSPS) is 9.70. The second kappa shape index (κ2) is 7.93. The molecule has 0 fully saturated rings. The Bertz CT molecular complexity index is 483. The molecule has 20 heavy (non-hydrogen) atoms. The van der Waals surface area contributed by atoms with Crippen LogP contribution in [0.4, 0.5) is 11.4 Å². The molecular weight excluding hydrogens is 258 g/mol. The lowest BCUT2D eigenvalue weighted by atomic mass is 10.2. The molecule has 0 atom stereocenters. The summed E-state index contributed by atoms with van der Waals surface area (Å²) in [5.74, 6) is -0.820. The van der Waals surface area contributed by atoms with Gasteiger partial charge in [0, 0.05) is 24.8 Å². The van der Waals surface area contributed by atoms with E-state index >= 15 is 0 Å². The van der Waals surface area contributed by atoms with Crippen LogP contribution in [0.15, 0.2) is 24.3 Å². The molecule has 0 spiro atoms. The monoisotopic (exact) mass is 277 g/mol. The van der Waals surface area contributed by atoms with Gasteiger partial charge in [-0.2, -0.15) is 0 Å². The van der Waals surface area contributed by atoms with Gasteiger partial charge in [-0.1, -0.05) is 6.92 Å². The van der Waals surface area contributed by atoms with Crippen LogP contribution in [0.2, 0.25) is 0 Å². The van der Waals surface area contributed by atoms with Gasteiger partial charge in [-0.25, -0.2) is 0 Å². The fourth-order valence-electron chi connectivity index (χ4n) is 1.52. The molecule has 0 aliphatic heterocycles. The molecule has 0 saturated carbocycles. The summed E-state index contributed by atoms with van der Waals surface area (Å²) < 4.78 is 0. The van der Waals surface area contributed by atoms with Gasteiger partial charge in [-0.15, -0.1) is 0 Å². The van der Waals surface area contributed by atoms with Crippen LogP contribution >= 0.6 is 0 Å². The molecule has 1 aromatic rings. The van der Waals surface area contributed by atoms with Gasteiger partial charge in [0.25, 0.3) is 0 Å². The van der Waals surface area contributed by atoms with E-state index in [1.165, 1.54) is 6.92 Å². The number of hydrogen-bond donors (Lipinski definition) is 3. The van der Waals surface area contributed by atoms with E-state index in [0.29, 0.717) is 17.9 Å². The highest BCUT2D eigenvalue weighted by Crippen LogP contribution is 2.13. The standard InChI is InChI=1S/C14H19N3O3/c1-3-8-15-13(19)9-14(20)17-12-6-4-11(5-7-12)16-10(2)18/h4-7H,3,8-9H2,1-2H3,(H,15,19)(H,16,18)(H,17,20). The number of anilines is 2. The van der Waals surface area contributed by atoms with E-state index in [9.17, 15) is 14.4 Å². The number of benzene rings is 1. The second-order valence-electron chi connectivity index (χ2n) is 4.33. The molecule has 0 unspecified atom stereocenters. The van der Waals surface area contributed by atoms with Crippen molar-refractivity contribution >= 4 is 29.1 Å². The summed E-state index contributed by atoms with van der Waals surface area (Å²) in [7, 11) is 0. The summed E-state index contributed by atoms with van der Waals surface area (Å²) in [4.78, 5) is 33.8. The van der Waals surface area contributed by atoms with Crippen molar-refractivity contribution in [2.24, 2.45) is 0 Å². The molecule has 6 nitrogen and oxygen atoms in total. The van der Waals surface area contributed by atoms with E-state index in [2.05, 4.69) is 16.0 Å². The van der Waals surface area contributed by atoms with Crippen molar-refractivity contribution in [1.82, 2.24) is 5.32 Å². The van der Waals surface area contributed by atoms with Crippen molar-refractivity contribution in [2.45, 2.75) is 26.7 Å². The third-order valence-electron chi connectivity index (χ3n) is 2.38. The van der Waals surface area contributed by atoms with Gasteiger partial charge < -0.3 is 16.0 Å². The highest BCUT2D eigenvalue weighted by atomic mass is 16.2. The average molecular weight is 277 g/mol. The zero-order valence-electron chi connectivity index (χ0n) is 11.7. The fraction of sp³-hybridized carbons (Fsp3) is 0.357. The maximum Gasteiger partial charge on any atom is 0.233 e. The van der Waals surface area contributed by atoms with Gasteiger partial charge in [0.05, 0.1) is 0 Å². The van der Waals surface area contributed by atoms with Gasteiger partial charge in [0.1, 0.15) is 6.42 Å². The number of nitrogens with one attached hydrogen (secondary N) is 3. The first-order valence-electron chi connectivity index (χ1n) is 6.45. The molecule has 1 rings (SSSR count). The lowest BCUT2D eigenvalue weighted by Gasteiger charge is -2.07. The van der Waals surface area contributed by atoms with Crippen molar-refractivity contribution in [3.05, 3.63) is 24.3 Å². The molecule has 0 saturated heterocycles. The highest BCUT2D eigenvalue weighted by molar-refractivity contribution is 6.03. The predicted molar refractivity (Wildman–Crippen MR) is 77.3 cm³/mol. The Hall–Kier alpha value is -2.37. The van der Waals surface area contributed by atoms with Gasteiger partial charge >= 0.3 is 0 Å². The Morgan fingerprint density at radius 1 is 0.950 bits per heavy atom. The molecule has 0 aliphatic rings. The number of carbonyl (C=O) groups excluding carboxylic acids is 3. The minimum Gasteiger partial charge on any atom is -0.356 e. The van der Waals surface area contributed by atoms with Crippen molar-refractivity contribution in [1.29, 1.82) is 0 Å². The summed E-state index contributed by atoms with van der Waals surface area (Å²) >= 11 is 0. The van der Waals surface area contributed by atoms with E-state index in [-0.39, 0.29) is 24.1 Å². The van der Waals surface area contributed by atoms with Crippen LogP contribution < -0.4 is 16.0 Å². The van der Waals surface area contributed by atoms with Crippen LogP contribution in [-0.4, -0.2) is 24.3 Å². The van der Waals surface area contributed by atoms with Crippen LogP contribution in [-0.2, 0) is 14.4 Å². The number of hydrogen-bond acceptors (Lipinski definition) is 3. The highest BCUT2D eigenvalue weighted by Gasteiger charge is 2.08. The predicted octanol–water partition coefficient (Wildman–Crippen LogP) is 1.50. The van der Waals surface area contributed by atoms with Gasteiger partial charge in [-0.05, 0) is 30.7 Å². The first-order chi connectivity index (χ1) is 9.51. The molecule has 0 heterocycles. The van der Waals surface area contributed by atoms with Crippen molar-refractivity contribution in [2.75, 3.05) is 17.2 Å². The van der Waals surface area contributed by atoms with Gasteiger partial charge in [0.15, 0.2) is 0 Å². The van der Waals surface area contributed by atoms with Gasteiger partial charge in [0.2, 0.25) is 17.7 Å². The maximum atomic E-state index is 11.6. The lowest BCUT2D eigenvalue weighted by Crippen LogP contribution is -2.28. The SMILES string of the molecule is CCCNC(=O)CC(=O)Nc1ccc(NC(C)=O)cc1. The maximum absolute atomic E-state index is 11.6. The van der Waals surface area contributed by atoms with E-state index in [1.54, 1.807) is 24.3 Å². The smallest absolute Gasteiger partial charge is 0.233 e. The van der Waals surface area contributed by atoms with Gasteiger partial charge in [-0.3, -0.25) is 14.4 Å². The molecule has 6 heteroatoms. The molecule has 0 bridgehead atoms. The molecule has 108 valence electrons. The van der Waals surface area contributed by atoms with Crippen LogP contribution in [0, 0.1) is 0 Å². The van der Waals surface area contributed by atoms with Crippen LogP contribution in [0.25, 0.3) is 0 Å². The second-order valence-corrected chi connectivity index (χ2v) is 4.33. The van der Waals surface area contributed by atoms with E-state index in [4.69, 9.17) is 0 Å². The van der Waals surface area contributed by atoms with Crippen LogP contribution in [0.1, 0.15) is 26.7 Å². The summed E-state index contributed by atoms with van der Waals surface area (Å²) in [6.07, 6.45) is 0.630. The van der Waals surface area contributed by atoms with Crippen LogP contribution in [0.5, 0.6) is 0 Å². The van der Waals surface area contributed by atoms with E-state index in [1.807, 2.05) is 6.92 Å². The third kappa shape index (κ3) is 5.99. The lowest BCUT2D eigenvalue weighted by molar-refractivity contribution is -0.126. The molecule has 0 aliphatic carbocycles. The summed E-state index contributed by atoms with van der Waals surface area (Å²) in [5.41, 5.74) is 1.23. The minimum atomic E-state index is -0.370. The average Bonchev–Trinajstić information content (AvgIpc) is 2.38. The molecular formula is C14H19N3O3. The first kappa shape index (κ1) is 15.7. The van der Waals surface area contributed by atoms with Crippen molar-refractivity contribution < 1.29 is 14.4 Å². The first-order valence-corrected chi connectivity index (χ1v) is 6.45. The molecule has 0 aromatic heterocycles. The Morgan fingerprint density at radius 2 is 1.50 bits per heavy atom. The molecule has 3 amide bonds. The topological polar surface area (TPSA) is 87.3 Å². The zero-order valence-corrected chi connectivity index (χ0v) is 11.7. The van der Waals surface area contributed by atoms with Crippen molar-refractivity contribution in [3.63, 3.8) is 0 Å². The summed E-state index contributed by atoms with van der Waals surface area (Å²) in [6, 6.07) is 6.67. The fourth-order valence-corrected chi connectivity index (χ4v) is 1.52. The largest absolute Gasteiger partial charge is 0.356 e. The Kier molecular flexibility index (Phi) is 6.22. The van der Waals surface area contributed by atoms with Crippen LogP contribution in [0.3, 0.4) is 0 Å². The Labute approximate surface area is 117 Å². The Morgan fingerprint density at radius 3 is 2.00 bits per heavy atom. The van der Waals surface area contributed by atoms with Crippen molar-refractivity contribution in [3.8, 4) is 0 Å². The van der Waals surface area contributed by atoms with E-state index in [0.717, 1.165) is 6.42 Å². The minimum absolute atomic E-state index is 0.158. The quantitative estimate of drug-likeness (QED) is 0.689. The summed E-state index contributed by atoms with van der Waals surface area (Å²) in [5, 5.41) is 7.87. The molecule has 1 aromatic carbocycles. The number of rotatable bonds is 6. The molecule has 0 radical (unpaired) electrons. The zero-order chi connectivity index (χ0) is 15.0. The molecule has 3 N–H and O–H groups in total.